The number of esters is 4. The van der Waals surface area contributed by atoms with Crippen molar-refractivity contribution in [2.24, 2.45) is 0 Å². The van der Waals surface area contributed by atoms with Gasteiger partial charge in [0.1, 0.15) is 41.6 Å². The highest BCUT2D eigenvalue weighted by atomic mass is 16.6. The lowest BCUT2D eigenvalue weighted by Gasteiger charge is -2.39. The second-order valence-corrected chi connectivity index (χ2v) is 22.8. The number of ether oxygens (including phenoxy) is 5. The minimum absolute atomic E-state index is 0.0693. The Bertz CT molecular complexity index is 2430. The molecule has 0 radical (unpaired) electrons. The van der Waals surface area contributed by atoms with E-state index < -0.39 is 82.9 Å². The first kappa shape index (κ1) is 58.8. The topological polar surface area (TPSA) is 214 Å². The van der Waals surface area contributed by atoms with Crippen LogP contribution in [0, 0.1) is 0 Å². The number of nitrogens with one attached hydrogen (secondary N) is 1. The monoisotopic (exact) mass is 1050 g/mol. The van der Waals surface area contributed by atoms with Crippen molar-refractivity contribution in [2.75, 3.05) is 85.1 Å². The van der Waals surface area contributed by atoms with Gasteiger partial charge in [0.2, 0.25) is 5.91 Å². The molecule has 414 valence electrons. The average molecular weight is 1060 g/mol. The van der Waals surface area contributed by atoms with Gasteiger partial charge in [-0.25, -0.2) is 9.59 Å². The molecule has 2 heterocycles. The third-order valence-corrected chi connectivity index (χ3v) is 13.1. The minimum Gasteiger partial charge on any atom is -0.480 e. The quantitative estimate of drug-likeness (QED) is 0.152. The number of benzene rings is 3. The van der Waals surface area contributed by atoms with E-state index in [9.17, 15) is 33.9 Å². The van der Waals surface area contributed by atoms with Gasteiger partial charge in [-0.1, -0.05) is 78.9 Å². The van der Waals surface area contributed by atoms with E-state index in [1.54, 1.807) is 92.6 Å². The summed E-state index contributed by atoms with van der Waals surface area (Å²) in [5.41, 5.74) is 2.26. The molecular formula is C57H78N6O13. The molecule has 1 unspecified atom stereocenters. The van der Waals surface area contributed by atoms with Crippen LogP contribution in [0.5, 0.6) is 0 Å². The maximum absolute atomic E-state index is 15.2. The van der Waals surface area contributed by atoms with E-state index in [4.69, 9.17) is 23.7 Å². The first-order chi connectivity index (χ1) is 35.7. The van der Waals surface area contributed by atoms with Crippen molar-refractivity contribution in [2.45, 2.75) is 123 Å². The molecule has 2 fully saturated rings. The summed E-state index contributed by atoms with van der Waals surface area (Å²) in [4.78, 5) is 105. The predicted octanol–water partition coefficient (Wildman–Crippen LogP) is 4.98. The molecule has 19 heteroatoms. The van der Waals surface area contributed by atoms with E-state index in [1.807, 2.05) is 68.1 Å². The highest BCUT2D eigenvalue weighted by Gasteiger charge is 2.53. The summed E-state index contributed by atoms with van der Waals surface area (Å²) >= 11 is 0. The molecule has 2 amide bonds. The number of likely N-dealkylation sites (tertiary alicyclic amines) is 1. The summed E-state index contributed by atoms with van der Waals surface area (Å²) in [5, 5.41) is 13.3. The van der Waals surface area contributed by atoms with Crippen molar-refractivity contribution in [3.63, 3.8) is 0 Å². The highest BCUT2D eigenvalue weighted by molar-refractivity contribution is 5.91. The molecule has 3 aromatic rings. The summed E-state index contributed by atoms with van der Waals surface area (Å²) < 4.78 is 29.5. The van der Waals surface area contributed by atoms with E-state index in [-0.39, 0.29) is 84.4 Å². The SMILES string of the molecule is CC(=O)O[C@H]1CN(C(=O)OCC2c3ccccc3-c3ccccc32)[C@H](C(=O)N[C@H](Cc2ccccc2)C(=O)O)C1N1CCN(CC(=O)OC(C)(C)C)CCN(CC(=O)OC(C)(C)C)CCN(CC(=O)OC(C)(C)C)CC1. The van der Waals surface area contributed by atoms with Crippen molar-refractivity contribution >= 4 is 41.8 Å². The van der Waals surface area contributed by atoms with Crippen LogP contribution in [0.4, 0.5) is 4.79 Å². The Hall–Kier alpha value is -6.41. The Kier molecular flexibility index (Phi) is 19.8. The fraction of sp³-hybridized carbons (Fsp3) is 0.561. The Morgan fingerprint density at radius 3 is 1.45 bits per heavy atom. The van der Waals surface area contributed by atoms with Gasteiger partial charge in [-0.2, -0.15) is 0 Å². The fourth-order valence-electron chi connectivity index (χ4n) is 10.0. The van der Waals surface area contributed by atoms with Crippen LogP contribution in [0.25, 0.3) is 11.1 Å². The van der Waals surface area contributed by atoms with Crippen molar-refractivity contribution in [1.82, 2.24) is 29.8 Å². The van der Waals surface area contributed by atoms with Gasteiger partial charge >= 0.3 is 35.9 Å². The molecule has 0 bridgehead atoms. The molecular weight excluding hydrogens is 977 g/mol. The Morgan fingerprint density at radius 2 is 1.03 bits per heavy atom. The van der Waals surface area contributed by atoms with Crippen LogP contribution in [-0.2, 0) is 58.9 Å². The maximum atomic E-state index is 15.2. The standard InChI is InChI=1S/C57H78N6O13/c1-38(64)73-46-33-63(54(71)72-37-44-42-22-16-14-20-40(42)41-21-15-17-23-43(41)44)51(52(68)58-45(53(69)70)32-39-18-12-11-13-19-39)50(46)62-30-28-60(35-48(66)75-56(5,6)7)26-24-59(34-47(65)74-55(2,3)4)25-27-61(29-31-62)36-49(67)76-57(8,9)10/h11-23,44-46,50-51H,24-37H2,1-10H3,(H,58,68)(H,69,70)/t45-,46+,50?,51+/m1/s1. The summed E-state index contributed by atoms with van der Waals surface area (Å²) in [6.07, 6.45) is -2.11. The van der Waals surface area contributed by atoms with E-state index in [2.05, 4.69) is 5.32 Å². The first-order valence-corrected chi connectivity index (χ1v) is 26.2. The lowest BCUT2D eigenvalue weighted by molar-refractivity contribution is -0.158. The number of carboxylic acids is 1. The number of aliphatic carboxylic acids is 1. The molecule has 0 spiro atoms. The second-order valence-electron chi connectivity index (χ2n) is 22.8. The molecule has 0 aromatic heterocycles. The minimum atomic E-state index is -1.49. The smallest absolute Gasteiger partial charge is 0.410 e. The molecule has 1 aliphatic carbocycles. The molecule has 76 heavy (non-hydrogen) atoms. The number of rotatable bonds is 15. The van der Waals surface area contributed by atoms with Gasteiger partial charge in [0.25, 0.3) is 0 Å². The van der Waals surface area contributed by atoms with Gasteiger partial charge in [0, 0.05) is 71.6 Å². The van der Waals surface area contributed by atoms with Crippen LogP contribution in [0.3, 0.4) is 0 Å². The number of hydrogen-bond acceptors (Lipinski definition) is 16. The molecule has 2 aliphatic heterocycles. The lowest BCUT2D eigenvalue weighted by atomic mass is 9.98. The molecule has 6 rings (SSSR count). The van der Waals surface area contributed by atoms with Gasteiger partial charge in [0.05, 0.1) is 32.2 Å². The molecule has 2 saturated heterocycles. The largest absolute Gasteiger partial charge is 0.480 e. The van der Waals surface area contributed by atoms with Crippen molar-refractivity contribution < 1.29 is 62.4 Å². The van der Waals surface area contributed by atoms with Crippen LogP contribution in [0.1, 0.15) is 91.8 Å². The zero-order valence-electron chi connectivity index (χ0n) is 45.9. The summed E-state index contributed by atoms with van der Waals surface area (Å²) in [5.74, 6) is -4.59. The zero-order chi connectivity index (χ0) is 55.5. The van der Waals surface area contributed by atoms with Gasteiger partial charge < -0.3 is 34.1 Å². The molecule has 0 saturated carbocycles. The number of amides is 2. The van der Waals surface area contributed by atoms with E-state index >= 15 is 4.79 Å². The summed E-state index contributed by atoms with van der Waals surface area (Å²) in [6, 6.07) is 20.5. The van der Waals surface area contributed by atoms with Crippen molar-refractivity contribution in [3.8, 4) is 11.1 Å². The van der Waals surface area contributed by atoms with Crippen LogP contribution in [0.15, 0.2) is 78.9 Å². The number of nitrogens with zero attached hydrogens (tertiary/aromatic N) is 5. The van der Waals surface area contributed by atoms with Gasteiger partial charge in [0.15, 0.2) is 0 Å². The lowest BCUT2D eigenvalue weighted by Crippen LogP contribution is -2.61. The number of carbonyl (C=O) groups is 7. The molecule has 3 aliphatic rings. The Labute approximate surface area is 447 Å². The van der Waals surface area contributed by atoms with Gasteiger partial charge in [-0.05, 0) is 90.1 Å². The number of fused-ring (bicyclic) bond motifs is 3. The number of carbonyl (C=O) groups excluding carboxylic acids is 6. The molecule has 2 N–H and O–H groups in total. The first-order valence-electron chi connectivity index (χ1n) is 26.2. The van der Waals surface area contributed by atoms with Crippen LogP contribution in [0.2, 0.25) is 0 Å². The van der Waals surface area contributed by atoms with Crippen LogP contribution >= 0.6 is 0 Å². The summed E-state index contributed by atoms with van der Waals surface area (Å²) in [6.45, 7) is 18.1. The average Bonchev–Trinajstić information content (AvgIpc) is 3.84. The summed E-state index contributed by atoms with van der Waals surface area (Å²) in [7, 11) is 0. The fourth-order valence-corrected chi connectivity index (χ4v) is 10.0. The van der Waals surface area contributed by atoms with E-state index in [0.29, 0.717) is 18.7 Å². The van der Waals surface area contributed by atoms with Gasteiger partial charge in [-0.15, -0.1) is 0 Å². The number of carboxylic acid groups (broad SMARTS) is 1. The van der Waals surface area contributed by atoms with Crippen molar-refractivity contribution in [1.29, 1.82) is 0 Å². The van der Waals surface area contributed by atoms with Gasteiger partial charge in [-0.3, -0.25) is 48.5 Å². The second kappa shape index (κ2) is 25.6. The normalized spacial score (nSPS) is 20.0. The maximum Gasteiger partial charge on any atom is 0.410 e. The molecule has 4 atom stereocenters. The van der Waals surface area contributed by atoms with Crippen molar-refractivity contribution in [3.05, 3.63) is 95.6 Å². The molecule has 3 aromatic carbocycles. The third-order valence-electron chi connectivity index (χ3n) is 13.1. The van der Waals surface area contributed by atoms with E-state index in [1.165, 1.54) is 11.8 Å². The highest BCUT2D eigenvalue weighted by Crippen LogP contribution is 2.44. The zero-order valence-corrected chi connectivity index (χ0v) is 45.9. The molecule has 19 nitrogen and oxygen atoms in total. The van der Waals surface area contributed by atoms with Crippen LogP contribution in [-0.4, -0.2) is 198 Å². The van der Waals surface area contributed by atoms with Crippen LogP contribution < -0.4 is 5.32 Å². The predicted molar refractivity (Wildman–Crippen MR) is 283 cm³/mol. The number of hydrogen-bond donors (Lipinski definition) is 2. The Balaban J connectivity index is 1.40. The third kappa shape index (κ3) is 17.3. The Morgan fingerprint density at radius 1 is 0.605 bits per heavy atom. The van der Waals surface area contributed by atoms with E-state index in [0.717, 1.165) is 22.3 Å².